The highest BCUT2D eigenvalue weighted by Crippen LogP contribution is 2.27. The first-order valence-corrected chi connectivity index (χ1v) is 11.7. The number of sulfonamides is 1. The van der Waals surface area contributed by atoms with Crippen molar-refractivity contribution in [3.05, 3.63) is 102 Å². The van der Waals surface area contributed by atoms with E-state index < -0.39 is 10.0 Å². The Morgan fingerprint density at radius 1 is 0.812 bits per heavy atom. The fourth-order valence-corrected chi connectivity index (χ4v) is 4.81. The second-order valence-corrected chi connectivity index (χ2v) is 9.77. The van der Waals surface area contributed by atoms with Crippen LogP contribution < -0.4 is 9.62 Å². The van der Waals surface area contributed by atoms with Gasteiger partial charge in [-0.05, 0) is 66.6 Å². The van der Waals surface area contributed by atoms with E-state index in [2.05, 4.69) is 5.32 Å². The van der Waals surface area contributed by atoms with Crippen molar-refractivity contribution in [3.8, 4) is 0 Å². The first-order valence-electron chi connectivity index (χ1n) is 10.2. The van der Waals surface area contributed by atoms with Gasteiger partial charge in [0, 0.05) is 18.3 Å². The average Bonchev–Trinajstić information content (AvgIpc) is 2.79. The van der Waals surface area contributed by atoms with Gasteiger partial charge in [-0.15, -0.1) is 0 Å². The first kappa shape index (κ1) is 21.6. The van der Waals surface area contributed by atoms with E-state index in [1.165, 1.54) is 11.4 Å². The molecule has 0 aromatic heterocycles. The van der Waals surface area contributed by atoms with Gasteiger partial charge in [-0.25, -0.2) is 8.42 Å². The van der Waals surface area contributed by atoms with Crippen molar-refractivity contribution in [2.75, 3.05) is 16.7 Å². The lowest BCUT2D eigenvalue weighted by molar-refractivity contribution is 0.102. The number of aryl methyl sites for hydroxylation is 2. The Hall–Kier alpha value is -3.64. The molecule has 0 saturated carbocycles. The lowest BCUT2D eigenvalue weighted by atomic mass is 10.1. The number of hydrogen-bond donors (Lipinski definition) is 1. The number of benzene rings is 4. The molecular weight excluding hydrogens is 420 g/mol. The quantitative estimate of drug-likeness (QED) is 0.440. The van der Waals surface area contributed by atoms with Crippen LogP contribution in [-0.4, -0.2) is 21.4 Å². The molecule has 0 spiro atoms. The molecule has 4 aromatic carbocycles. The lowest BCUT2D eigenvalue weighted by Crippen LogP contribution is -2.27. The summed E-state index contributed by atoms with van der Waals surface area (Å²) < 4.78 is 27.5. The summed E-state index contributed by atoms with van der Waals surface area (Å²) in [6.07, 6.45) is 0. The summed E-state index contributed by atoms with van der Waals surface area (Å²) >= 11 is 0. The van der Waals surface area contributed by atoms with Crippen LogP contribution in [0.25, 0.3) is 10.8 Å². The second kappa shape index (κ2) is 8.48. The number of amides is 1. The maximum atomic E-state index is 13.1. The molecule has 0 aliphatic carbocycles. The predicted molar refractivity (Wildman–Crippen MR) is 130 cm³/mol. The molecule has 0 aliphatic rings. The van der Waals surface area contributed by atoms with Gasteiger partial charge in [0.2, 0.25) is 0 Å². The van der Waals surface area contributed by atoms with Crippen LogP contribution in [0.2, 0.25) is 0 Å². The van der Waals surface area contributed by atoms with Crippen molar-refractivity contribution in [1.29, 1.82) is 0 Å². The number of nitrogens with zero attached hydrogens (tertiary/aromatic N) is 1. The highest BCUT2D eigenvalue weighted by molar-refractivity contribution is 7.92. The largest absolute Gasteiger partial charge is 0.322 e. The van der Waals surface area contributed by atoms with Crippen molar-refractivity contribution in [3.63, 3.8) is 0 Å². The number of hydrogen-bond acceptors (Lipinski definition) is 3. The Bertz CT molecular complexity index is 1410. The Kier molecular flexibility index (Phi) is 5.72. The molecule has 0 saturated heterocycles. The molecule has 0 aliphatic heterocycles. The van der Waals surface area contributed by atoms with Gasteiger partial charge < -0.3 is 5.32 Å². The molecule has 1 amide bonds. The third-order valence-corrected chi connectivity index (χ3v) is 7.28. The molecular formula is C26H24N2O3S. The summed E-state index contributed by atoms with van der Waals surface area (Å²) in [6, 6.07) is 25.4. The molecule has 0 heterocycles. The van der Waals surface area contributed by atoms with Crippen molar-refractivity contribution < 1.29 is 13.2 Å². The van der Waals surface area contributed by atoms with Crippen LogP contribution >= 0.6 is 0 Å². The van der Waals surface area contributed by atoms with E-state index in [9.17, 15) is 13.2 Å². The fourth-order valence-electron chi connectivity index (χ4n) is 3.56. The molecule has 162 valence electrons. The van der Waals surface area contributed by atoms with Gasteiger partial charge in [-0.2, -0.15) is 0 Å². The van der Waals surface area contributed by atoms with Gasteiger partial charge in [0.1, 0.15) is 0 Å². The minimum absolute atomic E-state index is 0.205. The first-order chi connectivity index (χ1) is 15.3. The summed E-state index contributed by atoms with van der Waals surface area (Å²) in [5, 5.41) is 5.02. The van der Waals surface area contributed by atoms with Gasteiger partial charge in [0.25, 0.3) is 15.9 Å². The molecule has 4 rings (SSSR count). The topological polar surface area (TPSA) is 66.5 Å². The summed E-state index contributed by atoms with van der Waals surface area (Å²) in [5.41, 5.74) is 3.25. The Morgan fingerprint density at radius 2 is 1.50 bits per heavy atom. The molecule has 4 aromatic rings. The van der Waals surface area contributed by atoms with E-state index in [-0.39, 0.29) is 10.8 Å². The Labute approximate surface area is 188 Å². The maximum absolute atomic E-state index is 13.1. The summed E-state index contributed by atoms with van der Waals surface area (Å²) in [7, 11) is -2.25. The third kappa shape index (κ3) is 4.22. The normalized spacial score (nSPS) is 11.3. The Balaban J connectivity index is 1.62. The number of carbonyl (C=O) groups is 1. The summed E-state index contributed by atoms with van der Waals surface area (Å²) in [6.45, 7) is 3.73. The minimum atomic E-state index is -3.76. The van der Waals surface area contributed by atoms with E-state index in [4.69, 9.17) is 0 Å². The second-order valence-electron chi connectivity index (χ2n) is 7.80. The van der Waals surface area contributed by atoms with Gasteiger partial charge in [-0.3, -0.25) is 9.10 Å². The van der Waals surface area contributed by atoms with Crippen LogP contribution in [0.5, 0.6) is 0 Å². The maximum Gasteiger partial charge on any atom is 0.264 e. The smallest absolute Gasteiger partial charge is 0.264 e. The van der Waals surface area contributed by atoms with Crippen LogP contribution in [-0.2, 0) is 10.0 Å². The van der Waals surface area contributed by atoms with Crippen LogP contribution in [0.4, 0.5) is 11.4 Å². The van der Waals surface area contributed by atoms with Crippen molar-refractivity contribution in [1.82, 2.24) is 0 Å². The monoisotopic (exact) mass is 444 g/mol. The van der Waals surface area contributed by atoms with Crippen molar-refractivity contribution in [2.24, 2.45) is 0 Å². The van der Waals surface area contributed by atoms with Gasteiger partial charge in [0.15, 0.2) is 0 Å². The lowest BCUT2D eigenvalue weighted by Gasteiger charge is -2.22. The molecule has 5 nitrogen and oxygen atoms in total. The summed E-state index contributed by atoms with van der Waals surface area (Å²) in [4.78, 5) is 13.1. The zero-order valence-corrected chi connectivity index (χ0v) is 19.0. The number of anilines is 2. The molecule has 1 N–H and O–H groups in total. The summed E-state index contributed by atoms with van der Waals surface area (Å²) in [5.74, 6) is -0.303. The highest BCUT2D eigenvalue weighted by Gasteiger charge is 2.23. The highest BCUT2D eigenvalue weighted by atomic mass is 32.2. The average molecular weight is 445 g/mol. The van der Waals surface area contributed by atoms with E-state index in [1.807, 2.05) is 56.3 Å². The van der Waals surface area contributed by atoms with Crippen molar-refractivity contribution >= 4 is 38.1 Å². The molecule has 6 heteroatoms. The SMILES string of the molecule is Cc1ccc(S(=O)(=O)N(C)c2cc(C(=O)Nc3ccc4ccccc4c3)ccc2C)cc1. The van der Waals surface area contributed by atoms with Gasteiger partial charge in [0.05, 0.1) is 10.6 Å². The van der Waals surface area contributed by atoms with Gasteiger partial charge in [-0.1, -0.05) is 54.1 Å². The van der Waals surface area contributed by atoms with E-state index in [0.717, 1.165) is 21.9 Å². The number of rotatable bonds is 5. The molecule has 0 atom stereocenters. The van der Waals surface area contributed by atoms with Gasteiger partial charge >= 0.3 is 0 Å². The van der Waals surface area contributed by atoms with E-state index in [1.54, 1.807) is 42.5 Å². The van der Waals surface area contributed by atoms with Crippen LogP contribution in [0.15, 0.2) is 89.8 Å². The molecule has 0 bridgehead atoms. The molecule has 32 heavy (non-hydrogen) atoms. The van der Waals surface area contributed by atoms with E-state index in [0.29, 0.717) is 16.9 Å². The minimum Gasteiger partial charge on any atom is -0.322 e. The predicted octanol–water partition coefficient (Wildman–Crippen LogP) is 5.53. The zero-order chi connectivity index (χ0) is 22.9. The molecule has 0 fully saturated rings. The van der Waals surface area contributed by atoms with E-state index >= 15 is 0 Å². The van der Waals surface area contributed by atoms with Crippen LogP contribution in [0.1, 0.15) is 21.5 Å². The zero-order valence-electron chi connectivity index (χ0n) is 18.2. The number of fused-ring (bicyclic) bond motifs is 1. The fraction of sp³-hybridized carbons (Fsp3) is 0.115. The van der Waals surface area contributed by atoms with Crippen molar-refractivity contribution in [2.45, 2.75) is 18.7 Å². The van der Waals surface area contributed by atoms with Crippen LogP contribution in [0, 0.1) is 13.8 Å². The third-order valence-electron chi connectivity index (χ3n) is 5.50. The molecule has 0 radical (unpaired) electrons. The molecule has 0 unspecified atom stereocenters. The number of carbonyl (C=O) groups excluding carboxylic acids is 1. The van der Waals surface area contributed by atoms with Crippen LogP contribution in [0.3, 0.4) is 0 Å². The Morgan fingerprint density at radius 3 is 2.22 bits per heavy atom. The number of nitrogens with one attached hydrogen (secondary N) is 1. The standard InChI is InChI=1S/C26H24N2O3S/c1-18-8-14-24(15-9-18)32(30,31)28(3)25-17-22(11-10-19(25)2)26(29)27-23-13-12-20-6-4-5-7-21(20)16-23/h4-17H,1-3H3,(H,27,29).